The molecular formula is C21H26N2O4S. The highest BCUT2D eigenvalue weighted by Gasteiger charge is 2.26. The fourth-order valence-corrected chi connectivity index (χ4v) is 4.70. The number of benzene rings is 2. The molecule has 1 N–H and O–H groups in total. The van der Waals surface area contributed by atoms with Crippen LogP contribution in [0.4, 0.5) is 0 Å². The Labute approximate surface area is 166 Å². The molecule has 1 amide bonds. The van der Waals surface area contributed by atoms with E-state index in [1.165, 1.54) is 10.4 Å². The maximum atomic E-state index is 12.8. The normalized spacial score (nSPS) is 15.1. The predicted molar refractivity (Wildman–Crippen MR) is 108 cm³/mol. The Morgan fingerprint density at radius 1 is 1.00 bits per heavy atom. The van der Waals surface area contributed by atoms with Crippen molar-refractivity contribution in [1.29, 1.82) is 0 Å². The fourth-order valence-electron chi connectivity index (χ4n) is 3.14. The summed E-state index contributed by atoms with van der Waals surface area (Å²) >= 11 is 0. The molecule has 6 nitrogen and oxygen atoms in total. The van der Waals surface area contributed by atoms with E-state index >= 15 is 0 Å². The Morgan fingerprint density at radius 2 is 1.75 bits per heavy atom. The minimum atomic E-state index is -3.54. The summed E-state index contributed by atoms with van der Waals surface area (Å²) in [7, 11) is -3.54. The number of ether oxygens (including phenoxy) is 1. The van der Waals surface area contributed by atoms with Gasteiger partial charge in [-0.25, -0.2) is 8.42 Å². The van der Waals surface area contributed by atoms with Gasteiger partial charge in [0.1, 0.15) is 5.75 Å². The summed E-state index contributed by atoms with van der Waals surface area (Å²) in [6, 6.07) is 15.7. The van der Waals surface area contributed by atoms with Gasteiger partial charge in [-0.3, -0.25) is 4.79 Å². The van der Waals surface area contributed by atoms with E-state index in [0.29, 0.717) is 38.2 Å². The predicted octanol–water partition coefficient (Wildman–Crippen LogP) is 3.06. The largest absolute Gasteiger partial charge is 0.494 e. The van der Waals surface area contributed by atoms with E-state index in [2.05, 4.69) is 5.32 Å². The first-order chi connectivity index (χ1) is 13.6. The van der Waals surface area contributed by atoms with Gasteiger partial charge in [-0.15, -0.1) is 0 Å². The Morgan fingerprint density at radius 3 is 2.50 bits per heavy atom. The lowest BCUT2D eigenvalue weighted by atomic mass is 10.2. The molecule has 0 saturated carbocycles. The van der Waals surface area contributed by atoms with Crippen LogP contribution in [0.3, 0.4) is 0 Å². The number of amides is 1. The lowest BCUT2D eigenvalue weighted by Gasteiger charge is -2.26. The van der Waals surface area contributed by atoms with Gasteiger partial charge in [-0.05, 0) is 49.6 Å². The molecule has 3 rings (SSSR count). The first-order valence-corrected chi connectivity index (χ1v) is 11.1. The lowest BCUT2D eigenvalue weighted by Crippen LogP contribution is -2.35. The maximum absolute atomic E-state index is 12.8. The first kappa shape index (κ1) is 20.4. The standard InChI is InChI=1S/C21H26N2O4S/c24-21(22-13-8-16-27-19-10-3-1-4-11-19)18-9-7-12-20(17-18)28(25,26)23-14-5-2-6-15-23/h1,3-4,7,9-12,17H,2,5-6,8,13-16H2,(H,22,24). The second-order valence-electron chi connectivity index (χ2n) is 6.76. The van der Waals surface area contributed by atoms with Crippen LogP contribution in [0.5, 0.6) is 5.75 Å². The molecule has 28 heavy (non-hydrogen) atoms. The Kier molecular flexibility index (Phi) is 7.06. The van der Waals surface area contributed by atoms with Crippen LogP contribution in [0.1, 0.15) is 36.0 Å². The third-order valence-corrected chi connectivity index (χ3v) is 6.56. The number of hydrogen-bond acceptors (Lipinski definition) is 4. The summed E-state index contributed by atoms with van der Waals surface area (Å²) < 4.78 is 32.6. The van der Waals surface area contributed by atoms with Gasteiger partial charge in [0.05, 0.1) is 11.5 Å². The number of sulfonamides is 1. The molecule has 2 aromatic rings. The second-order valence-corrected chi connectivity index (χ2v) is 8.70. The molecule has 0 atom stereocenters. The number of carbonyl (C=O) groups is 1. The van der Waals surface area contributed by atoms with Crippen LogP contribution in [0.15, 0.2) is 59.5 Å². The Balaban J connectivity index is 1.52. The third kappa shape index (κ3) is 5.33. The number of piperidine rings is 1. The van der Waals surface area contributed by atoms with Crippen molar-refractivity contribution in [2.24, 2.45) is 0 Å². The van der Waals surface area contributed by atoms with Crippen LogP contribution in [0.25, 0.3) is 0 Å². The van der Waals surface area contributed by atoms with Crippen LogP contribution in [-0.4, -0.2) is 44.9 Å². The summed E-state index contributed by atoms with van der Waals surface area (Å²) in [4.78, 5) is 12.5. The molecule has 1 saturated heterocycles. The maximum Gasteiger partial charge on any atom is 0.251 e. The van der Waals surface area contributed by atoms with E-state index in [-0.39, 0.29) is 10.8 Å². The van der Waals surface area contributed by atoms with Gasteiger partial charge in [-0.2, -0.15) is 4.31 Å². The lowest BCUT2D eigenvalue weighted by molar-refractivity contribution is 0.0951. The van der Waals surface area contributed by atoms with Crippen molar-refractivity contribution < 1.29 is 17.9 Å². The monoisotopic (exact) mass is 402 g/mol. The number of nitrogens with zero attached hydrogens (tertiary/aromatic N) is 1. The zero-order valence-electron chi connectivity index (χ0n) is 15.8. The summed E-state index contributed by atoms with van der Waals surface area (Å²) in [6.07, 6.45) is 3.48. The fraction of sp³-hybridized carbons (Fsp3) is 0.381. The zero-order valence-corrected chi connectivity index (χ0v) is 16.7. The molecule has 7 heteroatoms. The average molecular weight is 403 g/mol. The number of carbonyl (C=O) groups excluding carboxylic acids is 1. The van der Waals surface area contributed by atoms with Crippen molar-refractivity contribution in [3.05, 3.63) is 60.2 Å². The molecule has 150 valence electrons. The zero-order chi connectivity index (χ0) is 19.8. The summed E-state index contributed by atoms with van der Waals surface area (Å²) in [6.45, 7) is 2.03. The highest BCUT2D eigenvalue weighted by atomic mass is 32.2. The molecule has 1 aliphatic rings. The first-order valence-electron chi connectivity index (χ1n) is 9.64. The van der Waals surface area contributed by atoms with Gasteiger partial charge in [0.15, 0.2) is 0 Å². The molecule has 0 spiro atoms. The Hall–Kier alpha value is -2.38. The van der Waals surface area contributed by atoms with Gasteiger partial charge in [0.25, 0.3) is 5.91 Å². The molecular weight excluding hydrogens is 376 g/mol. The van der Waals surface area contributed by atoms with Gasteiger partial charge >= 0.3 is 0 Å². The molecule has 1 aliphatic heterocycles. The summed E-state index contributed by atoms with van der Waals surface area (Å²) in [5.74, 6) is 0.514. The molecule has 0 aromatic heterocycles. The van der Waals surface area contributed by atoms with E-state index in [9.17, 15) is 13.2 Å². The van der Waals surface area contributed by atoms with Crippen LogP contribution < -0.4 is 10.1 Å². The van der Waals surface area contributed by atoms with Crippen LogP contribution in [0.2, 0.25) is 0 Å². The second kappa shape index (κ2) is 9.71. The highest BCUT2D eigenvalue weighted by Crippen LogP contribution is 2.21. The van der Waals surface area contributed by atoms with Crippen molar-refractivity contribution in [1.82, 2.24) is 9.62 Å². The molecule has 0 unspecified atom stereocenters. The smallest absolute Gasteiger partial charge is 0.251 e. The van der Waals surface area contributed by atoms with E-state index in [4.69, 9.17) is 4.74 Å². The molecule has 0 bridgehead atoms. The molecule has 1 fully saturated rings. The van der Waals surface area contributed by atoms with Crippen LogP contribution >= 0.6 is 0 Å². The van der Waals surface area contributed by atoms with Gasteiger partial charge in [0.2, 0.25) is 10.0 Å². The number of hydrogen-bond donors (Lipinski definition) is 1. The van der Waals surface area contributed by atoms with Crippen molar-refractivity contribution >= 4 is 15.9 Å². The quantitative estimate of drug-likeness (QED) is 0.689. The van der Waals surface area contributed by atoms with Crippen LogP contribution in [-0.2, 0) is 10.0 Å². The molecule has 0 aliphatic carbocycles. The van der Waals surface area contributed by atoms with Crippen molar-refractivity contribution in [2.75, 3.05) is 26.2 Å². The van der Waals surface area contributed by atoms with Gasteiger partial charge in [0, 0.05) is 25.2 Å². The van der Waals surface area contributed by atoms with Crippen molar-refractivity contribution in [2.45, 2.75) is 30.6 Å². The van der Waals surface area contributed by atoms with Crippen molar-refractivity contribution in [3.63, 3.8) is 0 Å². The van der Waals surface area contributed by atoms with E-state index < -0.39 is 10.0 Å². The molecule has 0 radical (unpaired) electrons. The highest BCUT2D eigenvalue weighted by molar-refractivity contribution is 7.89. The van der Waals surface area contributed by atoms with E-state index in [1.807, 2.05) is 30.3 Å². The summed E-state index contributed by atoms with van der Waals surface area (Å²) in [5.41, 5.74) is 0.349. The topological polar surface area (TPSA) is 75.7 Å². The minimum absolute atomic E-state index is 0.175. The molecule has 1 heterocycles. The van der Waals surface area contributed by atoms with Gasteiger partial charge < -0.3 is 10.1 Å². The average Bonchev–Trinajstić information content (AvgIpc) is 2.75. The number of rotatable bonds is 8. The summed E-state index contributed by atoms with van der Waals surface area (Å²) in [5, 5.41) is 2.82. The minimum Gasteiger partial charge on any atom is -0.494 e. The van der Waals surface area contributed by atoms with Gasteiger partial charge in [-0.1, -0.05) is 30.7 Å². The number of nitrogens with one attached hydrogen (secondary N) is 1. The third-order valence-electron chi connectivity index (χ3n) is 4.67. The van der Waals surface area contributed by atoms with Crippen LogP contribution in [0, 0.1) is 0 Å². The SMILES string of the molecule is O=C(NCCCOc1ccccc1)c1cccc(S(=O)(=O)N2CCCCC2)c1. The van der Waals surface area contributed by atoms with Crippen molar-refractivity contribution in [3.8, 4) is 5.75 Å². The van der Waals surface area contributed by atoms with E-state index in [1.54, 1.807) is 18.2 Å². The molecule has 2 aromatic carbocycles. The number of para-hydroxylation sites is 1. The van der Waals surface area contributed by atoms with E-state index in [0.717, 1.165) is 25.0 Å². The Bertz CT molecular complexity index is 878.